The van der Waals surface area contributed by atoms with Gasteiger partial charge in [0.25, 0.3) is 0 Å². The minimum atomic E-state index is 0.200. The number of hydrogen-bond donors (Lipinski definition) is 1. The Kier molecular flexibility index (Phi) is 4.14. The van der Waals surface area contributed by atoms with E-state index in [1.807, 2.05) is 48.7 Å². The molecular formula is C26H17N3OS. The Morgan fingerprint density at radius 3 is 2.52 bits per heavy atom. The van der Waals surface area contributed by atoms with Crippen molar-refractivity contribution in [2.75, 3.05) is 0 Å². The van der Waals surface area contributed by atoms with Crippen molar-refractivity contribution in [1.29, 1.82) is 0 Å². The topological polar surface area (TPSA) is 50.9 Å². The number of pyridine rings is 2. The van der Waals surface area contributed by atoms with Crippen LogP contribution >= 0.6 is 11.8 Å². The first kappa shape index (κ1) is 18.0. The predicted octanol–water partition coefficient (Wildman–Crippen LogP) is 6.58. The maximum Gasteiger partial charge on any atom is 0.141 e. The number of phenolic OH excluding ortho intramolecular Hbond substituents is 1. The maximum atomic E-state index is 10.2. The molecule has 0 fully saturated rings. The third-order valence-corrected chi connectivity index (χ3v) is 6.35. The Morgan fingerprint density at radius 1 is 0.742 bits per heavy atom. The minimum absolute atomic E-state index is 0.200. The highest BCUT2D eigenvalue weighted by atomic mass is 32.2. The number of aromatic nitrogens is 3. The summed E-state index contributed by atoms with van der Waals surface area (Å²) in [5.74, 6) is 1.09. The van der Waals surface area contributed by atoms with Crippen LogP contribution < -0.4 is 0 Å². The molecule has 0 spiro atoms. The van der Waals surface area contributed by atoms with Crippen molar-refractivity contribution < 1.29 is 5.11 Å². The van der Waals surface area contributed by atoms with Gasteiger partial charge in [0.15, 0.2) is 0 Å². The molecule has 0 amide bonds. The molecule has 6 aromatic rings. The number of phenols is 1. The molecule has 31 heavy (non-hydrogen) atoms. The van der Waals surface area contributed by atoms with Gasteiger partial charge in [-0.15, -0.1) is 0 Å². The van der Waals surface area contributed by atoms with Gasteiger partial charge in [-0.2, -0.15) is 0 Å². The smallest absolute Gasteiger partial charge is 0.141 e. The van der Waals surface area contributed by atoms with Crippen LogP contribution in [-0.2, 0) is 0 Å². The van der Waals surface area contributed by atoms with Gasteiger partial charge in [-0.3, -0.25) is 4.57 Å². The Morgan fingerprint density at radius 2 is 1.61 bits per heavy atom. The lowest BCUT2D eigenvalue weighted by Gasteiger charge is -2.08. The van der Waals surface area contributed by atoms with E-state index in [0.717, 1.165) is 32.2 Å². The van der Waals surface area contributed by atoms with Gasteiger partial charge in [0, 0.05) is 27.3 Å². The number of aromatic hydroxyl groups is 1. The summed E-state index contributed by atoms with van der Waals surface area (Å²) in [4.78, 5) is 10.3. The zero-order chi connectivity index (χ0) is 20.8. The number of benzene rings is 3. The molecule has 0 radical (unpaired) electrons. The van der Waals surface area contributed by atoms with E-state index in [-0.39, 0.29) is 5.75 Å². The van der Waals surface area contributed by atoms with Gasteiger partial charge >= 0.3 is 0 Å². The van der Waals surface area contributed by atoms with Gasteiger partial charge in [-0.1, -0.05) is 54.2 Å². The average Bonchev–Trinajstić information content (AvgIpc) is 3.14. The van der Waals surface area contributed by atoms with Crippen molar-refractivity contribution in [3.05, 3.63) is 97.2 Å². The Hall–Kier alpha value is -3.83. The number of para-hydroxylation sites is 2. The van der Waals surface area contributed by atoms with E-state index in [9.17, 15) is 5.11 Å². The van der Waals surface area contributed by atoms with Crippen LogP contribution in [0.15, 0.2) is 107 Å². The first-order valence-electron chi connectivity index (χ1n) is 9.99. The summed E-state index contributed by atoms with van der Waals surface area (Å²) in [6.45, 7) is 0. The third kappa shape index (κ3) is 3.02. The molecule has 3 aromatic heterocycles. The van der Waals surface area contributed by atoms with Crippen molar-refractivity contribution in [2.24, 2.45) is 0 Å². The second kappa shape index (κ2) is 7.15. The summed E-state index contributed by atoms with van der Waals surface area (Å²) in [5.41, 5.74) is 2.86. The number of hydrogen-bond acceptors (Lipinski definition) is 4. The first-order valence-corrected chi connectivity index (χ1v) is 10.8. The summed E-state index contributed by atoms with van der Waals surface area (Å²) >= 11 is 1.58. The van der Waals surface area contributed by atoms with Crippen molar-refractivity contribution in [1.82, 2.24) is 14.5 Å². The fourth-order valence-electron chi connectivity index (χ4n) is 4.04. The maximum absolute atomic E-state index is 10.2. The Balaban J connectivity index is 1.51. The molecular weight excluding hydrogens is 402 g/mol. The van der Waals surface area contributed by atoms with E-state index in [2.05, 4.69) is 57.0 Å². The highest BCUT2D eigenvalue weighted by Gasteiger charge is 2.14. The van der Waals surface area contributed by atoms with Gasteiger partial charge in [-0.05, 0) is 48.5 Å². The lowest BCUT2D eigenvalue weighted by Crippen LogP contribution is -1.96. The van der Waals surface area contributed by atoms with Crippen molar-refractivity contribution >= 4 is 44.5 Å². The summed E-state index contributed by atoms with van der Waals surface area (Å²) in [5, 5.41) is 14.3. The van der Waals surface area contributed by atoms with Gasteiger partial charge in [-0.25, -0.2) is 9.97 Å². The van der Waals surface area contributed by atoms with Gasteiger partial charge in [0.2, 0.25) is 0 Å². The largest absolute Gasteiger partial charge is 0.506 e. The zero-order valence-corrected chi connectivity index (χ0v) is 17.3. The standard InChI is InChI=1S/C26H17N3OS/c30-23-9-5-6-17-11-14-25(28-26(17)23)31-18-12-13-20-19-7-1-2-8-21(19)29(22(20)16-18)24-10-3-4-15-27-24/h1-16,30H. The molecule has 3 aromatic carbocycles. The molecule has 5 heteroatoms. The molecule has 1 N–H and O–H groups in total. The molecule has 0 aliphatic carbocycles. The van der Waals surface area contributed by atoms with Gasteiger partial charge in [0.1, 0.15) is 22.1 Å². The highest BCUT2D eigenvalue weighted by molar-refractivity contribution is 7.99. The van der Waals surface area contributed by atoms with E-state index >= 15 is 0 Å². The monoisotopic (exact) mass is 419 g/mol. The highest BCUT2D eigenvalue weighted by Crippen LogP contribution is 2.36. The molecule has 0 aliphatic rings. The molecule has 4 nitrogen and oxygen atoms in total. The molecule has 0 bridgehead atoms. The molecule has 0 atom stereocenters. The van der Waals surface area contributed by atoms with Crippen LogP contribution in [-0.4, -0.2) is 19.6 Å². The van der Waals surface area contributed by atoms with E-state index < -0.39 is 0 Å². The number of rotatable bonds is 3. The van der Waals surface area contributed by atoms with Crippen LogP contribution in [0.2, 0.25) is 0 Å². The first-order chi connectivity index (χ1) is 15.3. The van der Waals surface area contributed by atoms with Crippen LogP contribution in [0.5, 0.6) is 5.75 Å². The van der Waals surface area contributed by atoms with E-state index in [4.69, 9.17) is 0 Å². The van der Waals surface area contributed by atoms with Crippen molar-refractivity contribution in [3.8, 4) is 11.6 Å². The van der Waals surface area contributed by atoms with Crippen LogP contribution in [0.25, 0.3) is 38.5 Å². The molecule has 3 heterocycles. The quantitative estimate of drug-likeness (QED) is 0.352. The summed E-state index contributed by atoms with van der Waals surface area (Å²) in [6, 6.07) is 30.3. The normalized spacial score (nSPS) is 11.5. The van der Waals surface area contributed by atoms with Gasteiger partial charge < -0.3 is 5.11 Å². The van der Waals surface area contributed by atoms with E-state index in [1.165, 1.54) is 10.8 Å². The molecule has 148 valence electrons. The van der Waals surface area contributed by atoms with Crippen LogP contribution in [0, 0.1) is 0 Å². The lowest BCUT2D eigenvalue weighted by molar-refractivity contribution is 0.480. The number of nitrogens with zero attached hydrogens (tertiary/aromatic N) is 3. The average molecular weight is 420 g/mol. The second-order valence-electron chi connectivity index (χ2n) is 7.32. The zero-order valence-electron chi connectivity index (χ0n) is 16.4. The molecule has 0 saturated heterocycles. The molecule has 6 rings (SSSR count). The summed E-state index contributed by atoms with van der Waals surface area (Å²) in [6.07, 6.45) is 1.82. The van der Waals surface area contributed by atoms with E-state index in [0.29, 0.717) is 5.52 Å². The predicted molar refractivity (Wildman–Crippen MR) is 126 cm³/mol. The van der Waals surface area contributed by atoms with Crippen LogP contribution in [0.1, 0.15) is 0 Å². The fourth-order valence-corrected chi connectivity index (χ4v) is 4.86. The minimum Gasteiger partial charge on any atom is -0.506 e. The number of fused-ring (bicyclic) bond motifs is 4. The molecule has 0 unspecified atom stereocenters. The Labute approximate surface area is 182 Å². The Bertz CT molecular complexity index is 1570. The van der Waals surface area contributed by atoms with Crippen LogP contribution in [0.3, 0.4) is 0 Å². The third-order valence-electron chi connectivity index (χ3n) is 5.42. The van der Waals surface area contributed by atoms with Crippen LogP contribution in [0.4, 0.5) is 0 Å². The molecule has 0 aliphatic heterocycles. The van der Waals surface area contributed by atoms with Crippen molar-refractivity contribution in [2.45, 2.75) is 9.92 Å². The summed E-state index contributed by atoms with van der Waals surface area (Å²) in [7, 11) is 0. The second-order valence-corrected chi connectivity index (χ2v) is 8.41. The molecule has 0 saturated carbocycles. The fraction of sp³-hybridized carbons (Fsp3) is 0. The van der Waals surface area contributed by atoms with E-state index in [1.54, 1.807) is 17.8 Å². The van der Waals surface area contributed by atoms with Gasteiger partial charge in [0.05, 0.1) is 11.0 Å². The van der Waals surface area contributed by atoms with Crippen molar-refractivity contribution in [3.63, 3.8) is 0 Å². The lowest BCUT2D eigenvalue weighted by atomic mass is 10.2. The summed E-state index contributed by atoms with van der Waals surface area (Å²) < 4.78 is 2.20. The SMILES string of the molecule is Oc1cccc2ccc(Sc3ccc4c5ccccc5n(-c5ccccn5)c4c3)nc12.